The average molecular weight is 347 g/mol. The van der Waals surface area contributed by atoms with Gasteiger partial charge in [0.1, 0.15) is 18.2 Å². The molecule has 0 fully saturated rings. The molecule has 1 atom stereocenters. The Morgan fingerprint density at radius 3 is 2.85 bits per heavy atom. The van der Waals surface area contributed by atoms with Gasteiger partial charge in [-0.2, -0.15) is 5.10 Å². The second-order valence-electron chi connectivity index (χ2n) is 6.10. The number of nitrogens with zero attached hydrogens (tertiary/aromatic N) is 4. The number of rotatable bonds is 5. The van der Waals surface area contributed by atoms with Crippen molar-refractivity contribution in [3.05, 3.63) is 66.7 Å². The number of carbonyl (C=O) groups is 1. The lowest BCUT2D eigenvalue weighted by molar-refractivity contribution is 0.0936. The second kappa shape index (κ2) is 6.79. The Morgan fingerprint density at radius 2 is 2.08 bits per heavy atom. The predicted molar refractivity (Wildman–Crippen MR) is 96.4 cm³/mol. The highest BCUT2D eigenvalue weighted by molar-refractivity contribution is 6.01. The first kappa shape index (κ1) is 16.0. The summed E-state index contributed by atoms with van der Waals surface area (Å²) in [6.07, 6.45) is 3.09. The van der Waals surface area contributed by atoms with E-state index >= 15 is 0 Å². The van der Waals surface area contributed by atoms with Crippen LogP contribution in [0.4, 0.5) is 0 Å². The van der Waals surface area contributed by atoms with Crippen LogP contribution in [0.1, 0.15) is 17.3 Å². The number of nitrogens with one attached hydrogen (secondary N) is 1. The molecule has 0 spiro atoms. The summed E-state index contributed by atoms with van der Waals surface area (Å²) in [5, 5.41) is 11.9. The number of hydrogen-bond acceptors (Lipinski definition) is 5. The minimum Gasteiger partial charge on any atom is -0.355 e. The first-order valence-electron chi connectivity index (χ1n) is 8.29. The van der Waals surface area contributed by atoms with E-state index in [9.17, 15) is 4.79 Å². The summed E-state index contributed by atoms with van der Waals surface area (Å²) in [7, 11) is 0. The van der Waals surface area contributed by atoms with Gasteiger partial charge in [-0.25, -0.2) is 4.98 Å². The van der Waals surface area contributed by atoms with Crippen LogP contribution in [0.5, 0.6) is 0 Å². The van der Waals surface area contributed by atoms with Gasteiger partial charge >= 0.3 is 0 Å². The van der Waals surface area contributed by atoms with Gasteiger partial charge in [0.25, 0.3) is 5.91 Å². The van der Waals surface area contributed by atoms with Gasteiger partial charge in [0, 0.05) is 17.2 Å². The van der Waals surface area contributed by atoms with Gasteiger partial charge in [-0.3, -0.25) is 9.48 Å². The molecule has 4 rings (SSSR count). The maximum absolute atomic E-state index is 12.6. The topological polar surface area (TPSA) is 85.8 Å². The lowest BCUT2D eigenvalue weighted by Crippen LogP contribution is -2.35. The predicted octanol–water partition coefficient (Wildman–Crippen LogP) is 2.90. The Labute approximate surface area is 149 Å². The Bertz CT molecular complexity index is 1020. The lowest BCUT2D eigenvalue weighted by atomic mass is 10.1. The second-order valence-corrected chi connectivity index (χ2v) is 6.10. The number of fused-ring (bicyclic) bond motifs is 1. The first-order valence-corrected chi connectivity index (χ1v) is 8.29. The van der Waals surface area contributed by atoms with Crippen molar-refractivity contribution in [2.45, 2.75) is 19.5 Å². The van der Waals surface area contributed by atoms with E-state index in [1.807, 2.05) is 43.3 Å². The zero-order valence-corrected chi connectivity index (χ0v) is 14.2. The van der Waals surface area contributed by atoms with Gasteiger partial charge in [0.05, 0.1) is 11.9 Å². The molecule has 2 aromatic heterocycles. The number of benzene rings is 2. The molecular formula is C19H17N5O2. The molecule has 0 aliphatic rings. The summed E-state index contributed by atoms with van der Waals surface area (Å²) in [6, 6.07) is 15.0. The molecule has 0 aliphatic carbocycles. The summed E-state index contributed by atoms with van der Waals surface area (Å²) in [5.41, 5.74) is 2.20. The Kier molecular flexibility index (Phi) is 4.18. The van der Waals surface area contributed by atoms with Crippen LogP contribution in [0.15, 0.2) is 65.7 Å². The molecule has 0 aliphatic heterocycles. The fraction of sp³-hybridized carbons (Fsp3) is 0.158. The normalized spacial score (nSPS) is 12.2. The van der Waals surface area contributed by atoms with Crippen LogP contribution in [0, 0.1) is 0 Å². The number of aromatic nitrogens is 4. The lowest BCUT2D eigenvalue weighted by Gasteiger charge is -2.13. The van der Waals surface area contributed by atoms with Gasteiger partial charge in [-0.05, 0) is 25.1 Å². The molecule has 26 heavy (non-hydrogen) atoms. The molecule has 1 N–H and O–H groups in total. The minimum atomic E-state index is -0.153. The molecule has 0 saturated carbocycles. The van der Waals surface area contributed by atoms with Gasteiger partial charge < -0.3 is 9.84 Å². The third-order valence-electron chi connectivity index (χ3n) is 4.08. The Balaban J connectivity index is 1.57. The fourth-order valence-electron chi connectivity index (χ4n) is 2.84. The summed E-state index contributed by atoms with van der Waals surface area (Å²) >= 11 is 0. The van der Waals surface area contributed by atoms with Crippen molar-refractivity contribution in [2.24, 2.45) is 0 Å². The van der Waals surface area contributed by atoms with E-state index < -0.39 is 0 Å². The number of carbonyl (C=O) groups excluding carboxylic acids is 1. The van der Waals surface area contributed by atoms with Crippen LogP contribution in [-0.4, -0.2) is 31.9 Å². The Hall–Kier alpha value is -3.48. The fourth-order valence-corrected chi connectivity index (χ4v) is 2.84. The van der Waals surface area contributed by atoms with Crippen molar-refractivity contribution < 1.29 is 9.32 Å². The molecule has 0 saturated heterocycles. The average Bonchev–Trinajstić information content (AvgIpc) is 3.31. The summed E-state index contributed by atoms with van der Waals surface area (Å²) in [6.45, 7) is 2.48. The van der Waals surface area contributed by atoms with E-state index in [0.717, 1.165) is 16.5 Å². The van der Waals surface area contributed by atoms with Crippen molar-refractivity contribution >= 4 is 16.8 Å². The van der Waals surface area contributed by atoms with Crippen molar-refractivity contribution in [1.82, 2.24) is 25.2 Å². The van der Waals surface area contributed by atoms with E-state index in [2.05, 4.69) is 20.6 Å². The van der Waals surface area contributed by atoms with Crippen molar-refractivity contribution in [3.8, 4) is 11.3 Å². The highest BCUT2D eigenvalue weighted by Gasteiger charge is 2.15. The zero-order valence-electron chi connectivity index (χ0n) is 14.2. The molecule has 1 unspecified atom stereocenters. The van der Waals surface area contributed by atoms with Crippen LogP contribution in [-0.2, 0) is 6.54 Å². The first-order chi connectivity index (χ1) is 12.7. The van der Waals surface area contributed by atoms with Crippen molar-refractivity contribution in [1.29, 1.82) is 0 Å². The van der Waals surface area contributed by atoms with Crippen molar-refractivity contribution in [3.63, 3.8) is 0 Å². The number of amides is 1. The number of hydrogen-bond donors (Lipinski definition) is 1. The van der Waals surface area contributed by atoms with Gasteiger partial charge in [0.15, 0.2) is 5.76 Å². The van der Waals surface area contributed by atoms with E-state index in [1.165, 1.54) is 6.33 Å². The molecule has 7 heteroatoms. The van der Waals surface area contributed by atoms with Crippen LogP contribution in [0.25, 0.3) is 22.2 Å². The highest BCUT2D eigenvalue weighted by atomic mass is 16.5. The van der Waals surface area contributed by atoms with Gasteiger partial charge in [0.2, 0.25) is 0 Å². The van der Waals surface area contributed by atoms with E-state index in [0.29, 0.717) is 17.9 Å². The smallest absolute Gasteiger partial charge is 0.251 e. The van der Waals surface area contributed by atoms with Crippen molar-refractivity contribution in [2.75, 3.05) is 0 Å². The quantitative estimate of drug-likeness (QED) is 0.600. The molecule has 7 nitrogen and oxygen atoms in total. The van der Waals surface area contributed by atoms with Crippen LogP contribution in [0.2, 0.25) is 0 Å². The van der Waals surface area contributed by atoms with Gasteiger partial charge in [-0.15, -0.1) is 0 Å². The largest absolute Gasteiger partial charge is 0.355 e. The van der Waals surface area contributed by atoms with E-state index in [1.54, 1.807) is 23.1 Å². The third-order valence-corrected chi connectivity index (χ3v) is 4.08. The summed E-state index contributed by atoms with van der Waals surface area (Å²) in [5.74, 6) is 0.505. The van der Waals surface area contributed by atoms with Crippen LogP contribution in [0.3, 0.4) is 0 Å². The molecule has 2 aromatic carbocycles. The van der Waals surface area contributed by atoms with Crippen LogP contribution < -0.4 is 5.32 Å². The Morgan fingerprint density at radius 1 is 1.23 bits per heavy atom. The molecule has 2 heterocycles. The summed E-state index contributed by atoms with van der Waals surface area (Å²) < 4.78 is 7.17. The van der Waals surface area contributed by atoms with E-state index in [-0.39, 0.29) is 11.9 Å². The summed E-state index contributed by atoms with van der Waals surface area (Å²) in [4.78, 5) is 16.5. The minimum absolute atomic E-state index is 0.0871. The maximum atomic E-state index is 12.6. The molecule has 0 radical (unpaired) electrons. The standard InChI is InChI=1S/C19H17N5O2/c1-13(10-24-12-20-11-21-24)22-19(25)15-7-8-17-16(9-15)18(26-23-17)14-5-3-2-4-6-14/h2-9,11-13H,10H2,1H3,(H,22,25). The SMILES string of the molecule is CC(Cn1cncn1)NC(=O)c1ccc2noc(-c3ccccc3)c2c1. The molecule has 4 aromatic rings. The molecular weight excluding hydrogens is 330 g/mol. The third kappa shape index (κ3) is 3.19. The van der Waals surface area contributed by atoms with Gasteiger partial charge in [-0.1, -0.05) is 35.5 Å². The molecule has 1 amide bonds. The highest BCUT2D eigenvalue weighted by Crippen LogP contribution is 2.29. The molecule has 0 bridgehead atoms. The molecule has 130 valence electrons. The zero-order chi connectivity index (χ0) is 17.9. The monoisotopic (exact) mass is 347 g/mol. The van der Waals surface area contributed by atoms with E-state index in [4.69, 9.17) is 4.52 Å². The van der Waals surface area contributed by atoms with Crippen LogP contribution >= 0.6 is 0 Å². The maximum Gasteiger partial charge on any atom is 0.251 e.